The molecule has 0 saturated heterocycles. The van der Waals surface area contributed by atoms with E-state index in [9.17, 15) is 9.59 Å². The number of hydrogen-bond donors (Lipinski definition) is 1. The molecular formula is C16H18N2O3. The molecule has 0 fully saturated rings. The van der Waals surface area contributed by atoms with E-state index < -0.39 is 6.04 Å². The van der Waals surface area contributed by atoms with E-state index in [1.807, 2.05) is 6.92 Å². The third kappa shape index (κ3) is 3.51. The fraction of sp³-hybridized carbons (Fsp3) is 0.250. The van der Waals surface area contributed by atoms with E-state index in [0.29, 0.717) is 18.0 Å². The van der Waals surface area contributed by atoms with Crippen LogP contribution < -0.4 is 10.1 Å². The molecule has 1 atom stereocenters. The number of aromatic nitrogens is 1. The molecule has 21 heavy (non-hydrogen) atoms. The summed E-state index contributed by atoms with van der Waals surface area (Å²) >= 11 is 0. The smallest absolute Gasteiger partial charge is 0.247 e. The largest absolute Gasteiger partial charge is 0.494 e. The Morgan fingerprint density at radius 3 is 2.67 bits per heavy atom. The van der Waals surface area contributed by atoms with E-state index >= 15 is 0 Å². The van der Waals surface area contributed by atoms with Crippen LogP contribution in [0, 0.1) is 0 Å². The van der Waals surface area contributed by atoms with Crippen LogP contribution in [0.5, 0.6) is 5.75 Å². The topological polar surface area (TPSA) is 60.3 Å². The first kappa shape index (κ1) is 14.8. The molecule has 1 N–H and O–H groups in total. The van der Waals surface area contributed by atoms with Gasteiger partial charge in [0.25, 0.3) is 0 Å². The monoisotopic (exact) mass is 286 g/mol. The minimum atomic E-state index is -0.466. The minimum Gasteiger partial charge on any atom is -0.494 e. The lowest BCUT2D eigenvalue weighted by Gasteiger charge is -2.15. The van der Waals surface area contributed by atoms with E-state index in [1.54, 1.807) is 54.1 Å². The Kier molecular flexibility index (Phi) is 4.77. The van der Waals surface area contributed by atoms with Crippen molar-refractivity contribution < 1.29 is 14.3 Å². The van der Waals surface area contributed by atoms with Crippen LogP contribution in [0.25, 0.3) is 0 Å². The van der Waals surface area contributed by atoms with Crippen molar-refractivity contribution in [2.75, 3.05) is 11.9 Å². The lowest BCUT2D eigenvalue weighted by Crippen LogP contribution is -2.24. The van der Waals surface area contributed by atoms with Crippen molar-refractivity contribution >= 4 is 17.9 Å². The summed E-state index contributed by atoms with van der Waals surface area (Å²) in [6.07, 6.45) is 2.45. The molecule has 0 aliphatic rings. The number of hydrogen-bond acceptors (Lipinski definition) is 3. The van der Waals surface area contributed by atoms with E-state index in [4.69, 9.17) is 4.74 Å². The van der Waals surface area contributed by atoms with Gasteiger partial charge in [-0.3, -0.25) is 9.59 Å². The molecule has 110 valence electrons. The second-order valence-corrected chi connectivity index (χ2v) is 4.58. The van der Waals surface area contributed by atoms with Crippen molar-refractivity contribution in [3.8, 4) is 5.75 Å². The second kappa shape index (κ2) is 6.74. The molecule has 0 radical (unpaired) electrons. The Bertz CT molecular complexity index is 617. The van der Waals surface area contributed by atoms with Crippen LogP contribution in [-0.4, -0.2) is 23.4 Å². The van der Waals surface area contributed by atoms with Gasteiger partial charge in [0, 0.05) is 11.9 Å². The van der Waals surface area contributed by atoms with Gasteiger partial charge < -0.3 is 14.6 Å². The summed E-state index contributed by atoms with van der Waals surface area (Å²) in [5, 5.41) is 2.82. The summed E-state index contributed by atoms with van der Waals surface area (Å²) < 4.78 is 6.98. The molecule has 1 heterocycles. The number of nitrogens with zero attached hydrogens (tertiary/aromatic N) is 1. The van der Waals surface area contributed by atoms with Crippen molar-refractivity contribution in [2.45, 2.75) is 19.9 Å². The van der Waals surface area contributed by atoms with Crippen molar-refractivity contribution in [3.05, 3.63) is 48.3 Å². The van der Waals surface area contributed by atoms with Crippen molar-refractivity contribution in [1.82, 2.24) is 4.57 Å². The number of benzene rings is 1. The predicted octanol–water partition coefficient (Wildman–Crippen LogP) is 2.90. The van der Waals surface area contributed by atoms with Gasteiger partial charge in [-0.15, -0.1) is 0 Å². The molecule has 5 nitrogen and oxygen atoms in total. The fourth-order valence-corrected chi connectivity index (χ4v) is 2.03. The summed E-state index contributed by atoms with van der Waals surface area (Å²) in [5.74, 6) is 0.579. The van der Waals surface area contributed by atoms with E-state index in [0.717, 1.165) is 12.0 Å². The molecular weight excluding hydrogens is 268 g/mol. The van der Waals surface area contributed by atoms with Gasteiger partial charge >= 0.3 is 0 Å². The van der Waals surface area contributed by atoms with Crippen molar-refractivity contribution in [1.29, 1.82) is 0 Å². The SMILES string of the molecule is CCOc1ccc(NC(=O)C(C)n2cccc2C=O)cc1. The van der Waals surface area contributed by atoms with Gasteiger partial charge in [0.2, 0.25) is 5.91 Å². The average Bonchev–Trinajstić information content (AvgIpc) is 2.97. The van der Waals surface area contributed by atoms with Crippen molar-refractivity contribution in [3.63, 3.8) is 0 Å². The van der Waals surface area contributed by atoms with Crippen LogP contribution in [0.4, 0.5) is 5.69 Å². The first-order valence-electron chi connectivity index (χ1n) is 6.81. The molecule has 0 bridgehead atoms. The maximum absolute atomic E-state index is 12.2. The summed E-state index contributed by atoms with van der Waals surface area (Å²) in [6, 6.07) is 10.1. The number of carbonyl (C=O) groups is 2. The minimum absolute atomic E-state index is 0.182. The summed E-state index contributed by atoms with van der Waals surface area (Å²) in [5.41, 5.74) is 1.17. The lowest BCUT2D eigenvalue weighted by molar-refractivity contribution is -0.118. The Morgan fingerprint density at radius 1 is 1.33 bits per heavy atom. The number of anilines is 1. The van der Waals surface area contributed by atoms with Crippen LogP contribution in [0.3, 0.4) is 0 Å². The highest BCUT2D eigenvalue weighted by Gasteiger charge is 2.16. The van der Waals surface area contributed by atoms with E-state index in [1.165, 1.54) is 0 Å². The number of amides is 1. The second-order valence-electron chi connectivity index (χ2n) is 4.58. The molecule has 1 aromatic carbocycles. The standard InChI is InChI=1S/C16H18N2O3/c1-3-21-15-8-6-13(7-9-15)17-16(20)12(2)18-10-4-5-14(18)11-19/h4-12H,3H2,1-2H3,(H,17,20). The Hall–Kier alpha value is -2.56. The predicted molar refractivity (Wildman–Crippen MR) is 80.8 cm³/mol. The molecule has 2 rings (SSSR count). The zero-order valence-electron chi connectivity index (χ0n) is 12.1. The van der Waals surface area contributed by atoms with Crippen LogP contribution in [0.1, 0.15) is 30.4 Å². The summed E-state index contributed by atoms with van der Waals surface area (Å²) in [7, 11) is 0. The third-order valence-corrected chi connectivity index (χ3v) is 3.16. The molecule has 2 aromatic rings. The zero-order valence-corrected chi connectivity index (χ0v) is 12.1. The average molecular weight is 286 g/mol. The summed E-state index contributed by atoms with van der Waals surface area (Å²) in [4.78, 5) is 23.1. The Balaban J connectivity index is 2.05. The lowest BCUT2D eigenvalue weighted by atomic mass is 10.2. The van der Waals surface area contributed by atoms with E-state index in [-0.39, 0.29) is 5.91 Å². The van der Waals surface area contributed by atoms with Gasteiger partial charge in [0.05, 0.1) is 12.3 Å². The Labute approximate surface area is 123 Å². The Morgan fingerprint density at radius 2 is 2.05 bits per heavy atom. The van der Waals surface area contributed by atoms with Gasteiger partial charge in [-0.05, 0) is 50.2 Å². The van der Waals surface area contributed by atoms with Crippen molar-refractivity contribution in [2.24, 2.45) is 0 Å². The maximum Gasteiger partial charge on any atom is 0.247 e. The van der Waals surface area contributed by atoms with Gasteiger partial charge in [0.1, 0.15) is 11.8 Å². The molecule has 0 saturated carbocycles. The van der Waals surface area contributed by atoms with Crippen LogP contribution >= 0.6 is 0 Å². The maximum atomic E-state index is 12.2. The molecule has 0 aliphatic heterocycles. The number of nitrogens with one attached hydrogen (secondary N) is 1. The fourth-order valence-electron chi connectivity index (χ4n) is 2.03. The van der Waals surface area contributed by atoms with Gasteiger partial charge in [-0.2, -0.15) is 0 Å². The molecule has 1 aromatic heterocycles. The normalized spacial score (nSPS) is 11.7. The molecule has 0 aliphatic carbocycles. The van der Waals surface area contributed by atoms with Crippen LogP contribution in [-0.2, 0) is 4.79 Å². The van der Waals surface area contributed by atoms with Gasteiger partial charge in [0.15, 0.2) is 6.29 Å². The molecule has 1 unspecified atom stereocenters. The number of rotatable bonds is 6. The first-order chi connectivity index (χ1) is 10.2. The zero-order chi connectivity index (χ0) is 15.2. The number of ether oxygens (including phenoxy) is 1. The highest BCUT2D eigenvalue weighted by molar-refractivity contribution is 5.94. The van der Waals surface area contributed by atoms with Crippen LogP contribution in [0.2, 0.25) is 0 Å². The first-order valence-corrected chi connectivity index (χ1v) is 6.81. The molecule has 5 heteroatoms. The quantitative estimate of drug-likeness (QED) is 0.831. The summed E-state index contributed by atoms with van der Waals surface area (Å²) in [6.45, 7) is 4.26. The third-order valence-electron chi connectivity index (χ3n) is 3.16. The van der Waals surface area contributed by atoms with E-state index in [2.05, 4.69) is 5.32 Å². The van der Waals surface area contributed by atoms with Gasteiger partial charge in [-0.1, -0.05) is 0 Å². The highest BCUT2D eigenvalue weighted by atomic mass is 16.5. The number of carbonyl (C=O) groups excluding carboxylic acids is 2. The highest BCUT2D eigenvalue weighted by Crippen LogP contribution is 2.18. The number of aldehydes is 1. The molecule has 0 spiro atoms. The molecule has 1 amide bonds. The van der Waals surface area contributed by atoms with Crippen LogP contribution in [0.15, 0.2) is 42.6 Å². The van der Waals surface area contributed by atoms with Gasteiger partial charge in [-0.25, -0.2) is 0 Å².